The highest BCUT2D eigenvalue weighted by Crippen LogP contribution is 2.26. The standard InChI is InChI=1S/C24H20N2O2/c27-23-21(16-19-10-4-1-5-11-19)18-25(17-20-12-6-2-7-13-20)24(28)26(23)22-14-8-3-9-15-22/h1-16H,17-18H2/b21-16-. The minimum absolute atomic E-state index is 0.274. The summed E-state index contributed by atoms with van der Waals surface area (Å²) in [5, 5.41) is 0. The van der Waals surface area contributed by atoms with E-state index in [9.17, 15) is 9.59 Å². The van der Waals surface area contributed by atoms with Crippen LogP contribution in [0.15, 0.2) is 96.6 Å². The van der Waals surface area contributed by atoms with E-state index >= 15 is 0 Å². The van der Waals surface area contributed by atoms with Gasteiger partial charge in [0, 0.05) is 12.1 Å². The molecule has 3 amide bonds. The van der Waals surface area contributed by atoms with Crippen molar-refractivity contribution < 1.29 is 9.59 Å². The topological polar surface area (TPSA) is 40.6 Å². The molecule has 0 aliphatic carbocycles. The van der Waals surface area contributed by atoms with Crippen molar-refractivity contribution in [1.29, 1.82) is 0 Å². The molecule has 4 heteroatoms. The molecule has 1 aliphatic heterocycles. The number of amides is 3. The molecule has 1 saturated heterocycles. The van der Waals surface area contributed by atoms with Crippen LogP contribution in [0, 0.1) is 0 Å². The second kappa shape index (κ2) is 7.92. The second-order valence-electron chi connectivity index (χ2n) is 6.68. The molecule has 28 heavy (non-hydrogen) atoms. The maximum absolute atomic E-state index is 13.1. The summed E-state index contributed by atoms with van der Waals surface area (Å²) < 4.78 is 0. The highest BCUT2D eigenvalue weighted by Gasteiger charge is 2.36. The van der Waals surface area contributed by atoms with Gasteiger partial charge in [0.25, 0.3) is 5.91 Å². The maximum atomic E-state index is 13.1. The Bertz CT molecular complexity index is 999. The third kappa shape index (κ3) is 3.71. The predicted octanol–water partition coefficient (Wildman–Crippen LogP) is 4.74. The lowest BCUT2D eigenvalue weighted by Gasteiger charge is -2.35. The number of anilines is 1. The van der Waals surface area contributed by atoms with Gasteiger partial charge in [0.15, 0.2) is 0 Å². The fraction of sp³-hybridized carbons (Fsp3) is 0.0833. The Balaban J connectivity index is 1.72. The van der Waals surface area contributed by atoms with Crippen molar-refractivity contribution in [2.75, 3.05) is 11.4 Å². The van der Waals surface area contributed by atoms with E-state index in [4.69, 9.17) is 0 Å². The van der Waals surface area contributed by atoms with Crippen molar-refractivity contribution >= 4 is 23.7 Å². The van der Waals surface area contributed by atoms with Gasteiger partial charge in [-0.1, -0.05) is 78.9 Å². The Kier molecular flexibility index (Phi) is 5.02. The van der Waals surface area contributed by atoms with Crippen molar-refractivity contribution in [2.45, 2.75) is 6.54 Å². The van der Waals surface area contributed by atoms with E-state index in [0.717, 1.165) is 11.1 Å². The number of carbonyl (C=O) groups is 2. The number of hydrogen-bond donors (Lipinski definition) is 0. The van der Waals surface area contributed by atoms with Crippen molar-refractivity contribution in [2.24, 2.45) is 0 Å². The monoisotopic (exact) mass is 368 g/mol. The van der Waals surface area contributed by atoms with Crippen LogP contribution in [0.3, 0.4) is 0 Å². The molecule has 0 aromatic heterocycles. The lowest BCUT2D eigenvalue weighted by molar-refractivity contribution is -0.115. The molecule has 1 heterocycles. The molecule has 0 atom stereocenters. The van der Waals surface area contributed by atoms with Crippen molar-refractivity contribution in [3.05, 3.63) is 108 Å². The van der Waals surface area contributed by atoms with E-state index in [0.29, 0.717) is 17.8 Å². The van der Waals surface area contributed by atoms with Gasteiger partial charge in [0.05, 0.1) is 12.2 Å². The minimum Gasteiger partial charge on any atom is -0.315 e. The van der Waals surface area contributed by atoms with E-state index < -0.39 is 0 Å². The molecule has 0 spiro atoms. The maximum Gasteiger partial charge on any atom is 0.332 e. The Hall–Kier alpha value is -3.66. The summed E-state index contributed by atoms with van der Waals surface area (Å²) >= 11 is 0. The van der Waals surface area contributed by atoms with Gasteiger partial charge in [0.2, 0.25) is 0 Å². The summed E-state index contributed by atoms with van der Waals surface area (Å²) in [4.78, 5) is 29.3. The quantitative estimate of drug-likeness (QED) is 0.624. The van der Waals surface area contributed by atoms with Crippen LogP contribution in [0.2, 0.25) is 0 Å². The summed E-state index contributed by atoms with van der Waals surface area (Å²) in [6.45, 7) is 0.729. The van der Waals surface area contributed by atoms with Crippen LogP contribution in [0.1, 0.15) is 11.1 Å². The third-order valence-electron chi connectivity index (χ3n) is 4.67. The van der Waals surface area contributed by atoms with Gasteiger partial charge in [-0.05, 0) is 29.3 Å². The van der Waals surface area contributed by atoms with Crippen LogP contribution in [-0.2, 0) is 11.3 Å². The van der Waals surface area contributed by atoms with E-state index in [-0.39, 0.29) is 18.5 Å². The van der Waals surface area contributed by atoms with E-state index in [2.05, 4.69) is 0 Å². The molecule has 0 saturated carbocycles. The molecule has 0 unspecified atom stereocenters. The average Bonchev–Trinajstić information content (AvgIpc) is 2.74. The summed E-state index contributed by atoms with van der Waals surface area (Å²) in [5.41, 5.74) is 3.13. The Morgan fingerprint density at radius 2 is 1.32 bits per heavy atom. The average molecular weight is 368 g/mol. The largest absolute Gasteiger partial charge is 0.332 e. The molecule has 1 fully saturated rings. The SMILES string of the molecule is O=C1/C(=C\c2ccccc2)CN(Cc2ccccc2)C(=O)N1c1ccccc1. The number of hydrogen-bond acceptors (Lipinski definition) is 2. The van der Waals surface area contributed by atoms with Crippen molar-refractivity contribution in [3.8, 4) is 0 Å². The normalized spacial score (nSPS) is 15.9. The Morgan fingerprint density at radius 3 is 1.96 bits per heavy atom. The number of rotatable bonds is 4. The van der Waals surface area contributed by atoms with Gasteiger partial charge in [-0.25, -0.2) is 9.69 Å². The van der Waals surface area contributed by atoms with Gasteiger partial charge < -0.3 is 4.90 Å². The highest BCUT2D eigenvalue weighted by molar-refractivity contribution is 6.24. The molecular weight excluding hydrogens is 348 g/mol. The van der Waals surface area contributed by atoms with Crippen LogP contribution in [-0.4, -0.2) is 23.4 Å². The van der Waals surface area contributed by atoms with Crippen LogP contribution < -0.4 is 4.90 Å². The summed E-state index contributed by atoms with van der Waals surface area (Å²) in [5.74, 6) is -0.274. The molecule has 1 aliphatic rings. The van der Waals surface area contributed by atoms with Crippen LogP contribution >= 0.6 is 0 Å². The number of nitrogens with zero attached hydrogens (tertiary/aromatic N) is 2. The summed E-state index contributed by atoms with van der Waals surface area (Å²) in [6, 6.07) is 28.3. The van der Waals surface area contributed by atoms with Gasteiger partial charge >= 0.3 is 6.03 Å². The lowest BCUT2D eigenvalue weighted by Crippen LogP contribution is -2.53. The minimum atomic E-state index is -0.301. The number of urea groups is 1. The first kappa shape index (κ1) is 17.7. The fourth-order valence-electron chi connectivity index (χ4n) is 3.30. The summed E-state index contributed by atoms with van der Waals surface area (Å²) in [6.07, 6.45) is 1.86. The predicted molar refractivity (Wildman–Crippen MR) is 111 cm³/mol. The lowest BCUT2D eigenvalue weighted by atomic mass is 10.1. The molecule has 4 rings (SSSR count). The Labute approximate surface area is 164 Å². The Morgan fingerprint density at radius 1 is 0.750 bits per heavy atom. The molecule has 4 nitrogen and oxygen atoms in total. The molecular formula is C24H20N2O2. The van der Waals surface area contributed by atoms with E-state index in [1.165, 1.54) is 4.90 Å². The molecule has 3 aromatic carbocycles. The van der Waals surface area contributed by atoms with E-state index in [1.807, 2.05) is 84.9 Å². The molecule has 3 aromatic rings. The number of imide groups is 1. The first-order valence-electron chi connectivity index (χ1n) is 9.20. The first-order chi connectivity index (χ1) is 13.7. The molecule has 0 radical (unpaired) electrons. The molecule has 138 valence electrons. The zero-order valence-electron chi connectivity index (χ0n) is 15.4. The zero-order valence-corrected chi connectivity index (χ0v) is 15.4. The first-order valence-corrected chi connectivity index (χ1v) is 9.20. The smallest absolute Gasteiger partial charge is 0.315 e. The second-order valence-corrected chi connectivity index (χ2v) is 6.68. The fourth-order valence-corrected chi connectivity index (χ4v) is 3.30. The highest BCUT2D eigenvalue weighted by atomic mass is 16.2. The van der Waals surface area contributed by atoms with Crippen molar-refractivity contribution in [3.63, 3.8) is 0 Å². The van der Waals surface area contributed by atoms with Crippen molar-refractivity contribution in [1.82, 2.24) is 4.90 Å². The number of para-hydroxylation sites is 1. The molecule has 0 N–H and O–H groups in total. The van der Waals surface area contributed by atoms with Gasteiger partial charge in [0.1, 0.15) is 0 Å². The third-order valence-corrected chi connectivity index (χ3v) is 4.67. The van der Waals surface area contributed by atoms with Gasteiger partial charge in [-0.2, -0.15) is 0 Å². The van der Waals surface area contributed by atoms with Crippen LogP contribution in [0.5, 0.6) is 0 Å². The zero-order chi connectivity index (χ0) is 19.3. The summed E-state index contributed by atoms with van der Waals surface area (Å²) in [7, 11) is 0. The van der Waals surface area contributed by atoms with E-state index in [1.54, 1.807) is 17.0 Å². The van der Waals surface area contributed by atoms with Crippen LogP contribution in [0.4, 0.5) is 10.5 Å². The molecule has 0 bridgehead atoms. The van der Waals surface area contributed by atoms with Crippen LogP contribution in [0.25, 0.3) is 6.08 Å². The number of carbonyl (C=O) groups excluding carboxylic acids is 2. The van der Waals surface area contributed by atoms with Gasteiger partial charge in [-0.3, -0.25) is 4.79 Å². The van der Waals surface area contributed by atoms with Gasteiger partial charge in [-0.15, -0.1) is 0 Å². The number of benzene rings is 3.